The Hall–Kier alpha value is 0.480. The maximum atomic E-state index is 3.74. The quantitative estimate of drug-likeness (QED) is 0.590. The Labute approximate surface area is 85.3 Å². The Bertz CT molecular complexity index is 134. The van der Waals surface area contributed by atoms with E-state index in [9.17, 15) is 0 Å². The van der Waals surface area contributed by atoms with E-state index in [2.05, 4.69) is 36.7 Å². The van der Waals surface area contributed by atoms with Crippen LogP contribution in [0.1, 0.15) is 52.9 Å². The molecular formula is C11H21Br. The molecule has 1 saturated carbocycles. The second-order valence-electron chi connectivity index (χ2n) is 5.39. The molecule has 72 valence electrons. The van der Waals surface area contributed by atoms with E-state index in [0.29, 0.717) is 5.41 Å². The van der Waals surface area contributed by atoms with Crippen molar-refractivity contribution in [3.8, 4) is 0 Å². The van der Waals surface area contributed by atoms with Gasteiger partial charge in [-0.3, -0.25) is 0 Å². The first-order chi connectivity index (χ1) is 5.47. The summed E-state index contributed by atoms with van der Waals surface area (Å²) in [5.74, 6) is 0.975. The molecule has 0 aromatic carbocycles. The fourth-order valence-corrected chi connectivity index (χ4v) is 3.13. The van der Waals surface area contributed by atoms with Gasteiger partial charge in [0.2, 0.25) is 0 Å². The van der Waals surface area contributed by atoms with Gasteiger partial charge in [-0.05, 0) is 30.6 Å². The lowest BCUT2D eigenvalue weighted by Gasteiger charge is -2.31. The zero-order valence-electron chi connectivity index (χ0n) is 8.57. The van der Waals surface area contributed by atoms with Crippen LogP contribution >= 0.6 is 15.9 Å². The fraction of sp³-hybridized carbons (Fsp3) is 1.00. The molecule has 12 heavy (non-hydrogen) atoms. The van der Waals surface area contributed by atoms with E-state index in [1.165, 1.54) is 32.1 Å². The van der Waals surface area contributed by atoms with Crippen molar-refractivity contribution in [1.29, 1.82) is 0 Å². The van der Waals surface area contributed by atoms with Gasteiger partial charge in [-0.15, -0.1) is 0 Å². The van der Waals surface area contributed by atoms with Gasteiger partial charge in [-0.25, -0.2) is 0 Å². The number of halogens is 1. The number of hydrogen-bond donors (Lipinski definition) is 0. The minimum atomic E-state index is 0.523. The van der Waals surface area contributed by atoms with Crippen LogP contribution in [0.25, 0.3) is 0 Å². The lowest BCUT2D eigenvalue weighted by Crippen LogP contribution is -2.20. The molecule has 0 amide bonds. The average molecular weight is 233 g/mol. The van der Waals surface area contributed by atoms with Crippen LogP contribution in [0.3, 0.4) is 0 Å². The third kappa shape index (κ3) is 3.93. The zero-order valence-corrected chi connectivity index (χ0v) is 10.2. The van der Waals surface area contributed by atoms with Gasteiger partial charge in [0.05, 0.1) is 0 Å². The van der Waals surface area contributed by atoms with Crippen molar-refractivity contribution in [1.82, 2.24) is 0 Å². The topological polar surface area (TPSA) is 0 Å². The summed E-state index contributed by atoms with van der Waals surface area (Å²) in [6.07, 6.45) is 7.07. The van der Waals surface area contributed by atoms with E-state index < -0.39 is 0 Å². The Kier molecular flexibility index (Phi) is 3.63. The van der Waals surface area contributed by atoms with Crippen molar-refractivity contribution in [3.05, 3.63) is 0 Å². The van der Waals surface area contributed by atoms with Gasteiger partial charge < -0.3 is 0 Å². The molecule has 2 unspecified atom stereocenters. The van der Waals surface area contributed by atoms with E-state index in [1.807, 2.05) is 0 Å². The van der Waals surface area contributed by atoms with Gasteiger partial charge in [0.1, 0.15) is 0 Å². The predicted octanol–water partition coefficient (Wildman–Crippen LogP) is 4.38. The summed E-state index contributed by atoms with van der Waals surface area (Å²) in [4.78, 5) is 0.804. The van der Waals surface area contributed by atoms with Crippen LogP contribution in [0.2, 0.25) is 0 Å². The van der Waals surface area contributed by atoms with E-state index in [0.717, 1.165) is 10.7 Å². The third-order valence-electron chi connectivity index (χ3n) is 2.62. The lowest BCUT2D eigenvalue weighted by atomic mass is 9.78. The Morgan fingerprint density at radius 2 is 1.92 bits per heavy atom. The van der Waals surface area contributed by atoms with E-state index >= 15 is 0 Å². The molecule has 1 heteroatoms. The van der Waals surface area contributed by atoms with Crippen LogP contribution in [0.15, 0.2) is 0 Å². The summed E-state index contributed by atoms with van der Waals surface area (Å²) in [5.41, 5.74) is 0.523. The van der Waals surface area contributed by atoms with Gasteiger partial charge >= 0.3 is 0 Å². The summed E-state index contributed by atoms with van der Waals surface area (Å²) >= 11 is 3.74. The standard InChI is InChI=1S/C11H21Br/c1-11(2,3)8-9-5-4-6-10(12)7-9/h9-10H,4-8H2,1-3H3. The van der Waals surface area contributed by atoms with Crippen LogP contribution < -0.4 is 0 Å². The maximum Gasteiger partial charge on any atom is 0.0148 e. The lowest BCUT2D eigenvalue weighted by molar-refractivity contribution is 0.244. The number of hydrogen-bond acceptors (Lipinski definition) is 0. The summed E-state index contributed by atoms with van der Waals surface area (Å²) < 4.78 is 0. The van der Waals surface area contributed by atoms with E-state index in [-0.39, 0.29) is 0 Å². The van der Waals surface area contributed by atoms with Gasteiger partial charge in [-0.1, -0.05) is 49.5 Å². The van der Waals surface area contributed by atoms with Crippen molar-refractivity contribution < 1.29 is 0 Å². The molecule has 1 aliphatic carbocycles. The van der Waals surface area contributed by atoms with Crippen molar-refractivity contribution in [2.24, 2.45) is 11.3 Å². The highest BCUT2D eigenvalue weighted by atomic mass is 79.9. The van der Waals surface area contributed by atoms with Crippen LogP contribution in [0, 0.1) is 11.3 Å². The molecule has 0 spiro atoms. The summed E-state index contributed by atoms with van der Waals surface area (Å²) in [6.45, 7) is 7.06. The normalized spacial score (nSPS) is 32.0. The largest absolute Gasteiger partial charge is 0.0891 e. The summed E-state index contributed by atoms with van der Waals surface area (Å²) in [5, 5.41) is 0. The first-order valence-corrected chi connectivity index (χ1v) is 6.03. The molecule has 0 nitrogen and oxygen atoms in total. The fourth-order valence-electron chi connectivity index (χ4n) is 2.28. The molecule has 1 rings (SSSR count). The molecule has 0 aliphatic heterocycles. The first kappa shape index (κ1) is 10.6. The molecule has 0 bridgehead atoms. The zero-order chi connectivity index (χ0) is 9.19. The summed E-state index contributed by atoms with van der Waals surface area (Å²) in [6, 6.07) is 0. The molecule has 0 aromatic heterocycles. The van der Waals surface area contributed by atoms with Crippen LogP contribution in [0.5, 0.6) is 0 Å². The maximum absolute atomic E-state index is 3.74. The molecular weight excluding hydrogens is 212 g/mol. The first-order valence-electron chi connectivity index (χ1n) is 5.11. The Morgan fingerprint density at radius 3 is 2.42 bits per heavy atom. The van der Waals surface area contributed by atoms with Crippen LogP contribution in [-0.2, 0) is 0 Å². The van der Waals surface area contributed by atoms with Gasteiger partial charge in [0.15, 0.2) is 0 Å². The van der Waals surface area contributed by atoms with Gasteiger partial charge in [-0.2, -0.15) is 0 Å². The van der Waals surface area contributed by atoms with Crippen LogP contribution in [-0.4, -0.2) is 4.83 Å². The average Bonchev–Trinajstić information content (AvgIpc) is 1.82. The third-order valence-corrected chi connectivity index (χ3v) is 3.45. The second kappa shape index (κ2) is 4.13. The van der Waals surface area contributed by atoms with E-state index in [4.69, 9.17) is 0 Å². The minimum absolute atomic E-state index is 0.523. The Balaban J connectivity index is 2.32. The van der Waals surface area contributed by atoms with Gasteiger partial charge in [0, 0.05) is 4.83 Å². The molecule has 0 radical (unpaired) electrons. The molecule has 1 fully saturated rings. The minimum Gasteiger partial charge on any atom is -0.0891 e. The van der Waals surface area contributed by atoms with Crippen molar-refractivity contribution in [2.75, 3.05) is 0 Å². The number of rotatable bonds is 1. The molecule has 1 aliphatic rings. The smallest absolute Gasteiger partial charge is 0.0148 e. The predicted molar refractivity (Wildman–Crippen MR) is 58.7 cm³/mol. The second-order valence-corrected chi connectivity index (χ2v) is 6.69. The van der Waals surface area contributed by atoms with Crippen molar-refractivity contribution in [2.45, 2.75) is 57.7 Å². The highest BCUT2D eigenvalue weighted by Crippen LogP contribution is 2.36. The molecule has 0 N–H and O–H groups in total. The van der Waals surface area contributed by atoms with Gasteiger partial charge in [0.25, 0.3) is 0 Å². The van der Waals surface area contributed by atoms with Crippen molar-refractivity contribution in [3.63, 3.8) is 0 Å². The molecule has 0 saturated heterocycles. The molecule has 0 heterocycles. The van der Waals surface area contributed by atoms with Crippen molar-refractivity contribution >= 4 is 15.9 Å². The SMILES string of the molecule is CC(C)(C)CC1CCCC(Br)C1. The highest BCUT2D eigenvalue weighted by molar-refractivity contribution is 9.09. The molecule has 2 atom stereocenters. The summed E-state index contributed by atoms with van der Waals surface area (Å²) in [7, 11) is 0. The monoisotopic (exact) mass is 232 g/mol. The highest BCUT2D eigenvalue weighted by Gasteiger charge is 2.24. The van der Waals surface area contributed by atoms with E-state index in [1.54, 1.807) is 0 Å². The van der Waals surface area contributed by atoms with Crippen LogP contribution in [0.4, 0.5) is 0 Å². The molecule has 0 aromatic rings. The Morgan fingerprint density at radius 1 is 1.25 bits per heavy atom. The number of alkyl halides is 1.